The van der Waals surface area contributed by atoms with Crippen LogP contribution < -0.4 is 11.1 Å². The first-order valence-corrected chi connectivity index (χ1v) is 6.87. The number of anilines is 1. The second-order valence-electron chi connectivity index (χ2n) is 5.23. The minimum absolute atomic E-state index is 0.299. The summed E-state index contributed by atoms with van der Waals surface area (Å²) >= 11 is 0. The van der Waals surface area contributed by atoms with Crippen molar-refractivity contribution in [1.82, 2.24) is 0 Å². The van der Waals surface area contributed by atoms with Gasteiger partial charge in [0.05, 0.1) is 12.7 Å². The van der Waals surface area contributed by atoms with E-state index >= 15 is 0 Å². The van der Waals surface area contributed by atoms with Gasteiger partial charge in [0, 0.05) is 18.3 Å². The van der Waals surface area contributed by atoms with E-state index in [1.54, 1.807) is 6.07 Å². The average molecular weight is 262 g/mol. The average Bonchev–Trinajstić information content (AvgIpc) is 2.46. The molecule has 0 aliphatic heterocycles. The molecule has 19 heavy (non-hydrogen) atoms. The van der Waals surface area contributed by atoms with Crippen molar-refractivity contribution in [2.75, 3.05) is 19.0 Å². The summed E-state index contributed by atoms with van der Waals surface area (Å²) in [6, 6.07) is 7.82. The van der Waals surface area contributed by atoms with Crippen molar-refractivity contribution in [3.63, 3.8) is 0 Å². The Hall–Kier alpha value is -1.55. The summed E-state index contributed by atoms with van der Waals surface area (Å²) in [6.45, 7) is 0.942. The molecule has 0 unspecified atom stereocenters. The summed E-state index contributed by atoms with van der Waals surface area (Å²) in [6.07, 6.45) is 4.61. The van der Waals surface area contributed by atoms with E-state index in [2.05, 4.69) is 5.32 Å². The van der Waals surface area contributed by atoms with E-state index in [-0.39, 0.29) is 5.97 Å². The normalized spacial score (nSPS) is 22.8. The summed E-state index contributed by atoms with van der Waals surface area (Å²) in [7, 11) is 1.40. The summed E-state index contributed by atoms with van der Waals surface area (Å²) in [5, 5.41) is 3.40. The predicted octanol–water partition coefficient (Wildman–Crippen LogP) is 2.40. The first-order chi connectivity index (χ1) is 9.19. The van der Waals surface area contributed by atoms with Gasteiger partial charge in [-0.2, -0.15) is 0 Å². The molecule has 0 atom stereocenters. The van der Waals surface area contributed by atoms with Gasteiger partial charge in [-0.3, -0.25) is 0 Å². The number of rotatable bonds is 4. The maximum atomic E-state index is 11.4. The van der Waals surface area contributed by atoms with Gasteiger partial charge in [0.25, 0.3) is 0 Å². The molecule has 1 aromatic rings. The van der Waals surface area contributed by atoms with Gasteiger partial charge in [0.1, 0.15) is 0 Å². The fourth-order valence-corrected chi connectivity index (χ4v) is 2.53. The first kappa shape index (κ1) is 13.9. The van der Waals surface area contributed by atoms with Gasteiger partial charge < -0.3 is 15.8 Å². The number of methoxy groups -OCH3 is 1. The highest BCUT2D eigenvalue weighted by Gasteiger charge is 2.18. The molecule has 1 fully saturated rings. The molecule has 0 spiro atoms. The SMILES string of the molecule is COC(=O)c1cccc(NCC2CCC(N)CC2)c1. The topological polar surface area (TPSA) is 64.3 Å². The highest BCUT2D eigenvalue weighted by atomic mass is 16.5. The van der Waals surface area contributed by atoms with Gasteiger partial charge >= 0.3 is 5.97 Å². The van der Waals surface area contributed by atoms with Crippen molar-refractivity contribution in [2.45, 2.75) is 31.7 Å². The largest absolute Gasteiger partial charge is 0.465 e. The van der Waals surface area contributed by atoms with Gasteiger partial charge in [-0.1, -0.05) is 6.07 Å². The second kappa shape index (κ2) is 6.57. The van der Waals surface area contributed by atoms with E-state index in [1.807, 2.05) is 18.2 Å². The van der Waals surface area contributed by atoms with Crippen molar-refractivity contribution >= 4 is 11.7 Å². The van der Waals surface area contributed by atoms with Crippen LogP contribution >= 0.6 is 0 Å². The highest BCUT2D eigenvalue weighted by molar-refractivity contribution is 5.90. The summed E-state index contributed by atoms with van der Waals surface area (Å²) < 4.78 is 4.72. The molecule has 0 bridgehead atoms. The molecule has 104 valence electrons. The van der Waals surface area contributed by atoms with E-state index in [0.717, 1.165) is 25.1 Å². The lowest BCUT2D eigenvalue weighted by atomic mass is 9.86. The van der Waals surface area contributed by atoms with Crippen molar-refractivity contribution in [1.29, 1.82) is 0 Å². The number of benzene rings is 1. The van der Waals surface area contributed by atoms with Crippen LogP contribution in [0.25, 0.3) is 0 Å². The van der Waals surface area contributed by atoms with E-state index in [4.69, 9.17) is 10.5 Å². The summed E-state index contributed by atoms with van der Waals surface area (Å²) in [4.78, 5) is 11.4. The molecular weight excluding hydrogens is 240 g/mol. The Kier molecular flexibility index (Phi) is 4.80. The van der Waals surface area contributed by atoms with E-state index < -0.39 is 0 Å². The molecule has 3 N–H and O–H groups in total. The molecule has 0 saturated heterocycles. The number of hydrogen-bond donors (Lipinski definition) is 2. The van der Waals surface area contributed by atoms with Gasteiger partial charge in [-0.25, -0.2) is 4.79 Å². The lowest BCUT2D eigenvalue weighted by Crippen LogP contribution is -2.29. The van der Waals surface area contributed by atoms with Crippen LogP contribution in [0.2, 0.25) is 0 Å². The molecule has 4 nitrogen and oxygen atoms in total. The third-order valence-electron chi connectivity index (χ3n) is 3.77. The molecule has 0 amide bonds. The fourth-order valence-electron chi connectivity index (χ4n) is 2.53. The molecule has 4 heteroatoms. The van der Waals surface area contributed by atoms with Gasteiger partial charge in [-0.05, 0) is 49.8 Å². The van der Waals surface area contributed by atoms with E-state index in [1.165, 1.54) is 20.0 Å². The zero-order chi connectivity index (χ0) is 13.7. The minimum Gasteiger partial charge on any atom is -0.465 e. The highest BCUT2D eigenvalue weighted by Crippen LogP contribution is 2.23. The molecule has 2 rings (SSSR count). The van der Waals surface area contributed by atoms with Crippen LogP contribution in [0.3, 0.4) is 0 Å². The Morgan fingerprint density at radius 2 is 2.11 bits per heavy atom. The molecular formula is C15H22N2O2. The zero-order valence-electron chi connectivity index (χ0n) is 11.4. The number of nitrogens with two attached hydrogens (primary N) is 1. The standard InChI is InChI=1S/C15H22N2O2/c1-19-15(18)12-3-2-4-14(9-12)17-10-11-5-7-13(16)8-6-11/h2-4,9,11,13,17H,5-8,10,16H2,1H3. The predicted molar refractivity (Wildman–Crippen MR) is 76.2 cm³/mol. The second-order valence-corrected chi connectivity index (χ2v) is 5.23. The molecule has 0 aromatic heterocycles. The van der Waals surface area contributed by atoms with Gasteiger partial charge in [0.2, 0.25) is 0 Å². The third kappa shape index (κ3) is 3.96. The molecule has 1 aromatic carbocycles. The minimum atomic E-state index is -0.299. The molecule has 1 saturated carbocycles. The van der Waals surface area contributed by atoms with E-state index in [0.29, 0.717) is 17.5 Å². The lowest BCUT2D eigenvalue weighted by Gasteiger charge is -2.26. The third-order valence-corrected chi connectivity index (χ3v) is 3.77. The van der Waals surface area contributed by atoms with Crippen LogP contribution in [0.4, 0.5) is 5.69 Å². The number of hydrogen-bond acceptors (Lipinski definition) is 4. The van der Waals surface area contributed by atoms with Crippen LogP contribution in [0.15, 0.2) is 24.3 Å². The van der Waals surface area contributed by atoms with Crippen LogP contribution in [0.5, 0.6) is 0 Å². The van der Waals surface area contributed by atoms with Crippen LogP contribution in [-0.2, 0) is 4.74 Å². The Balaban J connectivity index is 1.87. The van der Waals surface area contributed by atoms with Gasteiger partial charge in [0.15, 0.2) is 0 Å². The number of carbonyl (C=O) groups is 1. The number of carbonyl (C=O) groups excluding carboxylic acids is 1. The maximum absolute atomic E-state index is 11.4. The Morgan fingerprint density at radius 3 is 2.79 bits per heavy atom. The molecule has 1 aliphatic rings. The zero-order valence-corrected chi connectivity index (χ0v) is 11.4. The Morgan fingerprint density at radius 1 is 1.37 bits per heavy atom. The van der Waals surface area contributed by atoms with Crippen LogP contribution in [0, 0.1) is 5.92 Å². The first-order valence-electron chi connectivity index (χ1n) is 6.87. The van der Waals surface area contributed by atoms with Crippen molar-refractivity contribution in [2.24, 2.45) is 11.7 Å². The maximum Gasteiger partial charge on any atom is 0.337 e. The smallest absolute Gasteiger partial charge is 0.337 e. The molecule has 0 heterocycles. The monoisotopic (exact) mass is 262 g/mol. The lowest BCUT2D eigenvalue weighted by molar-refractivity contribution is 0.0601. The number of ether oxygens (including phenoxy) is 1. The summed E-state index contributed by atoms with van der Waals surface area (Å²) in [5.74, 6) is 0.383. The van der Waals surface area contributed by atoms with Crippen molar-refractivity contribution in [3.05, 3.63) is 29.8 Å². The molecule has 0 radical (unpaired) electrons. The van der Waals surface area contributed by atoms with Crippen LogP contribution in [-0.4, -0.2) is 25.7 Å². The number of esters is 1. The van der Waals surface area contributed by atoms with E-state index in [9.17, 15) is 4.79 Å². The fraction of sp³-hybridized carbons (Fsp3) is 0.533. The Labute approximate surface area is 114 Å². The number of nitrogens with one attached hydrogen (secondary N) is 1. The van der Waals surface area contributed by atoms with Crippen molar-refractivity contribution in [3.8, 4) is 0 Å². The van der Waals surface area contributed by atoms with Crippen molar-refractivity contribution < 1.29 is 9.53 Å². The van der Waals surface area contributed by atoms with Gasteiger partial charge in [-0.15, -0.1) is 0 Å². The summed E-state index contributed by atoms with van der Waals surface area (Å²) in [5.41, 5.74) is 7.45. The van der Waals surface area contributed by atoms with Crippen LogP contribution in [0.1, 0.15) is 36.0 Å². The quantitative estimate of drug-likeness (QED) is 0.818. The Bertz CT molecular complexity index is 426. The molecule has 1 aliphatic carbocycles.